The van der Waals surface area contributed by atoms with E-state index in [1.165, 1.54) is 16.3 Å². The van der Waals surface area contributed by atoms with Crippen LogP contribution < -0.4 is 15.8 Å². The number of carbonyl (C=O) groups excluding carboxylic acids is 1. The fourth-order valence-electron chi connectivity index (χ4n) is 3.17. The van der Waals surface area contributed by atoms with Crippen molar-refractivity contribution in [1.82, 2.24) is 9.88 Å². The summed E-state index contributed by atoms with van der Waals surface area (Å²) in [6.07, 6.45) is 2.52. The van der Waals surface area contributed by atoms with Crippen LogP contribution in [0.15, 0.2) is 53.5 Å². The van der Waals surface area contributed by atoms with Gasteiger partial charge in [0.1, 0.15) is 0 Å². The third-order valence-electron chi connectivity index (χ3n) is 4.57. The lowest BCUT2D eigenvalue weighted by Gasteiger charge is -2.19. The molecule has 1 aliphatic rings. The van der Waals surface area contributed by atoms with Gasteiger partial charge in [0.05, 0.1) is 12.2 Å². The number of hydrogen-bond donors (Lipinski definition) is 1. The summed E-state index contributed by atoms with van der Waals surface area (Å²) in [7, 11) is 0. The molecule has 1 atom stereocenters. The van der Waals surface area contributed by atoms with Gasteiger partial charge in [0.15, 0.2) is 0 Å². The molecule has 0 unspecified atom stereocenters. The van der Waals surface area contributed by atoms with Gasteiger partial charge in [0.2, 0.25) is 0 Å². The molecule has 1 N–H and O–H groups in total. The van der Waals surface area contributed by atoms with Crippen molar-refractivity contribution >= 4 is 11.6 Å². The van der Waals surface area contributed by atoms with Crippen molar-refractivity contribution in [2.75, 3.05) is 31.2 Å². The van der Waals surface area contributed by atoms with Gasteiger partial charge in [0.25, 0.3) is 11.5 Å². The number of benzene rings is 1. The summed E-state index contributed by atoms with van der Waals surface area (Å²) in [5.74, 6) is -0.143. The van der Waals surface area contributed by atoms with Crippen molar-refractivity contribution in [2.24, 2.45) is 0 Å². The molecule has 1 amide bonds. The van der Waals surface area contributed by atoms with Crippen LogP contribution in [0, 0.1) is 0 Å². The molecule has 6 heteroatoms. The lowest BCUT2D eigenvalue weighted by molar-refractivity contribution is 0.0938. The summed E-state index contributed by atoms with van der Waals surface area (Å²) < 4.78 is 6.81. The molecule has 1 fully saturated rings. The molecule has 3 rings (SSSR count). The molecule has 2 aromatic rings. The van der Waals surface area contributed by atoms with Gasteiger partial charge in [-0.1, -0.05) is 18.2 Å². The normalized spacial score (nSPS) is 16.7. The van der Waals surface area contributed by atoms with Gasteiger partial charge in [-0.15, -0.1) is 0 Å². The molecule has 6 nitrogen and oxygen atoms in total. The Labute approximate surface area is 153 Å². The molecular formula is C20H25N3O3. The first-order chi connectivity index (χ1) is 12.7. The first-order valence-electron chi connectivity index (χ1n) is 9.06. The Bertz CT molecular complexity index is 788. The number of carbonyl (C=O) groups is 1. The van der Waals surface area contributed by atoms with Crippen molar-refractivity contribution in [3.8, 4) is 0 Å². The fraction of sp³-hybridized carbons (Fsp3) is 0.400. The van der Waals surface area contributed by atoms with E-state index >= 15 is 0 Å². The number of para-hydroxylation sites is 1. The van der Waals surface area contributed by atoms with Crippen LogP contribution in [0.5, 0.6) is 0 Å². The number of ether oxygens (including phenoxy) is 1. The predicted octanol–water partition coefficient (Wildman–Crippen LogP) is 1.89. The van der Waals surface area contributed by atoms with Crippen LogP contribution in [0.2, 0.25) is 0 Å². The van der Waals surface area contributed by atoms with Crippen LogP contribution >= 0.6 is 0 Å². The second kappa shape index (κ2) is 8.67. The maximum Gasteiger partial charge on any atom is 0.253 e. The number of anilines is 1. The molecule has 0 spiro atoms. The van der Waals surface area contributed by atoms with Gasteiger partial charge in [-0.3, -0.25) is 9.59 Å². The third-order valence-corrected chi connectivity index (χ3v) is 4.57. The Kier molecular flexibility index (Phi) is 6.07. The number of amides is 1. The molecular weight excluding hydrogens is 330 g/mol. The average Bonchev–Trinajstić information content (AvgIpc) is 3.12. The van der Waals surface area contributed by atoms with E-state index in [0.29, 0.717) is 25.3 Å². The van der Waals surface area contributed by atoms with Crippen LogP contribution in [0.25, 0.3) is 0 Å². The van der Waals surface area contributed by atoms with Crippen LogP contribution in [0.4, 0.5) is 5.69 Å². The second-order valence-corrected chi connectivity index (χ2v) is 6.39. The minimum Gasteiger partial charge on any atom is -0.380 e. The van der Waals surface area contributed by atoms with Crippen molar-refractivity contribution in [2.45, 2.75) is 25.9 Å². The number of hydrogen-bond acceptors (Lipinski definition) is 4. The molecule has 0 saturated carbocycles. The van der Waals surface area contributed by atoms with Crippen molar-refractivity contribution in [1.29, 1.82) is 0 Å². The van der Waals surface area contributed by atoms with Crippen LogP contribution in [-0.4, -0.2) is 42.8 Å². The highest BCUT2D eigenvalue weighted by Gasteiger charge is 2.24. The molecule has 1 aliphatic heterocycles. The molecule has 2 heterocycles. The maximum absolute atomic E-state index is 12.6. The van der Waals surface area contributed by atoms with Gasteiger partial charge in [-0.2, -0.15) is 0 Å². The average molecular weight is 355 g/mol. The zero-order chi connectivity index (χ0) is 18.4. The minimum atomic E-state index is -0.143. The Morgan fingerprint density at radius 1 is 1.23 bits per heavy atom. The summed E-state index contributed by atoms with van der Waals surface area (Å²) in [6, 6.07) is 13.3. The number of pyridine rings is 1. The van der Waals surface area contributed by atoms with E-state index in [9.17, 15) is 9.59 Å². The standard InChI is InChI=1S/C20H25N3O3/c1-2-26-13-12-23-14-16(8-9-19(23)24)20(25)21-17-10-11-22(15-17)18-6-4-3-5-7-18/h3-9,14,17H,2,10-13,15H2,1H3,(H,21,25)/t17-/m1/s1. The highest BCUT2D eigenvalue weighted by Crippen LogP contribution is 2.19. The van der Waals surface area contributed by atoms with Crippen molar-refractivity contribution < 1.29 is 9.53 Å². The zero-order valence-corrected chi connectivity index (χ0v) is 15.1. The van der Waals surface area contributed by atoms with E-state index in [-0.39, 0.29) is 17.5 Å². The highest BCUT2D eigenvalue weighted by molar-refractivity contribution is 5.94. The SMILES string of the molecule is CCOCCn1cc(C(=O)N[C@@H]2CCN(c3ccccc3)C2)ccc1=O. The van der Waals surface area contributed by atoms with E-state index in [1.54, 1.807) is 12.3 Å². The minimum absolute atomic E-state index is 0.103. The third kappa shape index (κ3) is 4.52. The molecule has 1 aromatic carbocycles. The van der Waals surface area contributed by atoms with Crippen LogP contribution in [-0.2, 0) is 11.3 Å². The van der Waals surface area contributed by atoms with Gasteiger partial charge in [-0.25, -0.2) is 0 Å². The Balaban J connectivity index is 1.60. The van der Waals surface area contributed by atoms with Crippen molar-refractivity contribution in [3.63, 3.8) is 0 Å². The van der Waals surface area contributed by atoms with E-state index in [0.717, 1.165) is 19.5 Å². The Morgan fingerprint density at radius 3 is 2.81 bits per heavy atom. The Morgan fingerprint density at radius 2 is 2.04 bits per heavy atom. The van der Waals surface area contributed by atoms with Crippen LogP contribution in [0.3, 0.4) is 0 Å². The largest absolute Gasteiger partial charge is 0.380 e. The quantitative estimate of drug-likeness (QED) is 0.771. The van der Waals surface area contributed by atoms with Gasteiger partial charge >= 0.3 is 0 Å². The topological polar surface area (TPSA) is 63.6 Å². The first kappa shape index (κ1) is 18.2. The number of nitrogens with one attached hydrogen (secondary N) is 1. The first-order valence-corrected chi connectivity index (χ1v) is 9.06. The molecule has 1 saturated heterocycles. The molecule has 138 valence electrons. The number of rotatable bonds is 7. The number of nitrogens with zero attached hydrogens (tertiary/aromatic N) is 2. The van der Waals surface area contributed by atoms with E-state index in [2.05, 4.69) is 22.3 Å². The predicted molar refractivity (Wildman–Crippen MR) is 102 cm³/mol. The zero-order valence-electron chi connectivity index (χ0n) is 15.1. The Hall–Kier alpha value is -2.60. The van der Waals surface area contributed by atoms with Gasteiger partial charge in [0, 0.05) is 50.2 Å². The van der Waals surface area contributed by atoms with Crippen molar-refractivity contribution in [3.05, 3.63) is 64.6 Å². The monoisotopic (exact) mass is 355 g/mol. The summed E-state index contributed by atoms with van der Waals surface area (Å²) >= 11 is 0. The van der Waals surface area contributed by atoms with Crippen LogP contribution in [0.1, 0.15) is 23.7 Å². The van der Waals surface area contributed by atoms with E-state index in [4.69, 9.17) is 4.74 Å². The summed E-state index contributed by atoms with van der Waals surface area (Å²) in [5.41, 5.74) is 1.55. The molecule has 0 aliphatic carbocycles. The second-order valence-electron chi connectivity index (χ2n) is 6.39. The number of aromatic nitrogens is 1. The maximum atomic E-state index is 12.6. The summed E-state index contributed by atoms with van der Waals surface area (Å²) in [6.45, 7) is 5.12. The summed E-state index contributed by atoms with van der Waals surface area (Å²) in [4.78, 5) is 26.7. The fourth-order valence-corrected chi connectivity index (χ4v) is 3.17. The molecule has 1 aromatic heterocycles. The van der Waals surface area contributed by atoms with E-state index in [1.807, 2.05) is 25.1 Å². The van der Waals surface area contributed by atoms with Gasteiger partial charge in [-0.05, 0) is 31.5 Å². The van der Waals surface area contributed by atoms with Gasteiger partial charge < -0.3 is 19.5 Å². The smallest absolute Gasteiger partial charge is 0.253 e. The molecule has 0 bridgehead atoms. The molecule has 26 heavy (non-hydrogen) atoms. The summed E-state index contributed by atoms with van der Waals surface area (Å²) in [5, 5.41) is 3.08. The highest BCUT2D eigenvalue weighted by atomic mass is 16.5. The lowest BCUT2D eigenvalue weighted by atomic mass is 10.2. The van der Waals surface area contributed by atoms with E-state index < -0.39 is 0 Å². The lowest BCUT2D eigenvalue weighted by Crippen LogP contribution is -2.37. The molecule has 0 radical (unpaired) electrons.